The number of fused-ring (bicyclic) bond motifs is 3. The van der Waals surface area contributed by atoms with Crippen LogP contribution in [0.5, 0.6) is 0 Å². The Bertz CT molecular complexity index is 1380. The Labute approximate surface area is 300 Å². The zero-order valence-corrected chi connectivity index (χ0v) is 30.5. The normalized spacial score (nSPS) is 31.0. The van der Waals surface area contributed by atoms with Gasteiger partial charge in [0.2, 0.25) is 17.7 Å². The number of piperidine rings is 1. The number of unbranched alkanes of at least 4 members (excludes halogenated alkanes) is 1. The second kappa shape index (κ2) is 18.8. The molecule has 1 aromatic carbocycles. The van der Waals surface area contributed by atoms with E-state index in [4.69, 9.17) is 23.1 Å². The highest BCUT2D eigenvalue weighted by atomic mass is 35.5. The Morgan fingerprint density at radius 1 is 0.898 bits per heavy atom. The summed E-state index contributed by atoms with van der Waals surface area (Å²) in [5, 5.41) is 15.1. The molecule has 8 atom stereocenters. The summed E-state index contributed by atoms with van der Waals surface area (Å²) in [5.74, 6) is -0.185. The van der Waals surface area contributed by atoms with Gasteiger partial charge in [-0.3, -0.25) is 14.4 Å². The summed E-state index contributed by atoms with van der Waals surface area (Å²) in [4.78, 5) is 47.5. The highest BCUT2D eigenvalue weighted by Crippen LogP contribution is 2.41. The standard InChI is InChI=1S/C36H57ClN8O3S/c1-45-31(19-25-22-41-28-13-3-2-11-26(25)28)34(47)43-20-23-9-6-12-27(37)32(23)49-35-24(10-8-18-40-35)21-42-29(15-7-17-39)33(46)44-30(36(45)48)14-4-5-16-38/h2-3,11,13,22-24,27,29-32,35,40-42H,4-10,12,14-21,38-39H2,1H3,(H,43,47)(H,44,46)/t23?,24?,27?,29-,30-,31-,32?,35?/m0/s1. The van der Waals surface area contributed by atoms with Crippen LogP contribution >= 0.6 is 23.4 Å². The zero-order valence-electron chi connectivity index (χ0n) is 28.9. The number of benzene rings is 1. The Morgan fingerprint density at radius 3 is 2.49 bits per heavy atom. The number of hydrogen-bond donors (Lipinski definition) is 7. The van der Waals surface area contributed by atoms with E-state index in [1.165, 1.54) is 0 Å². The van der Waals surface area contributed by atoms with Gasteiger partial charge in [0.25, 0.3) is 0 Å². The quantitative estimate of drug-likeness (QED) is 0.154. The third kappa shape index (κ3) is 9.92. The predicted octanol–water partition coefficient (Wildman–Crippen LogP) is 2.81. The minimum Gasteiger partial charge on any atom is -0.361 e. The van der Waals surface area contributed by atoms with Gasteiger partial charge in [0, 0.05) is 54.3 Å². The Morgan fingerprint density at radius 2 is 1.67 bits per heavy atom. The monoisotopic (exact) mass is 716 g/mol. The summed E-state index contributed by atoms with van der Waals surface area (Å²) in [6.07, 6.45) is 10.4. The number of para-hydroxylation sites is 1. The lowest BCUT2D eigenvalue weighted by Gasteiger charge is -2.41. The van der Waals surface area contributed by atoms with E-state index in [0.29, 0.717) is 64.2 Å². The fourth-order valence-corrected chi connectivity index (χ4v) is 10.0. The average molecular weight is 717 g/mol. The van der Waals surface area contributed by atoms with Crippen LogP contribution in [0.1, 0.15) is 69.8 Å². The van der Waals surface area contributed by atoms with Crippen LogP contribution in [0.2, 0.25) is 0 Å². The number of rotatable bonds is 9. The number of halogens is 1. The molecule has 0 radical (unpaired) electrons. The fraction of sp³-hybridized carbons (Fsp3) is 0.694. The first kappa shape index (κ1) is 37.9. The molecule has 3 heterocycles. The van der Waals surface area contributed by atoms with Crippen LogP contribution in [0.15, 0.2) is 30.5 Å². The van der Waals surface area contributed by atoms with E-state index >= 15 is 0 Å². The van der Waals surface area contributed by atoms with Crippen LogP contribution in [0.3, 0.4) is 0 Å². The summed E-state index contributed by atoms with van der Waals surface area (Å²) in [6.45, 7) is 3.09. The second-order valence-corrected chi connectivity index (χ2v) is 16.0. The molecule has 1 aliphatic carbocycles. The third-order valence-corrected chi connectivity index (χ3v) is 13.2. The molecular formula is C36H57ClN8O3S. The lowest BCUT2D eigenvalue weighted by molar-refractivity contribution is -0.142. The molecule has 49 heavy (non-hydrogen) atoms. The third-order valence-electron chi connectivity index (χ3n) is 10.7. The molecule has 0 spiro atoms. The number of thioether (sulfide) groups is 1. The van der Waals surface area contributed by atoms with Crippen molar-refractivity contribution in [2.45, 2.75) is 105 Å². The molecule has 3 fully saturated rings. The number of aromatic amines is 1. The number of amides is 3. The summed E-state index contributed by atoms with van der Waals surface area (Å²) in [6, 6.07) is 5.91. The second-order valence-electron chi connectivity index (χ2n) is 14.1. The number of likely N-dealkylation sites (N-methyl/N-ethyl adjacent to an activating group) is 1. The molecule has 3 amide bonds. The average Bonchev–Trinajstić information content (AvgIpc) is 3.52. The highest BCUT2D eigenvalue weighted by Gasteiger charge is 2.39. The van der Waals surface area contributed by atoms with E-state index in [0.717, 1.165) is 61.5 Å². The van der Waals surface area contributed by atoms with E-state index in [2.05, 4.69) is 26.3 Å². The van der Waals surface area contributed by atoms with Crippen LogP contribution in [-0.4, -0.2) is 102 Å². The van der Waals surface area contributed by atoms with Gasteiger partial charge in [0.15, 0.2) is 0 Å². The predicted molar refractivity (Wildman–Crippen MR) is 199 cm³/mol. The lowest BCUT2D eigenvalue weighted by Crippen LogP contribution is -2.57. The minimum absolute atomic E-state index is 0.00343. The van der Waals surface area contributed by atoms with E-state index in [-0.39, 0.29) is 39.6 Å². The molecule has 5 rings (SSSR count). The van der Waals surface area contributed by atoms with Crippen molar-refractivity contribution in [1.29, 1.82) is 0 Å². The molecule has 5 unspecified atom stereocenters. The van der Waals surface area contributed by atoms with Crippen LogP contribution in [0.25, 0.3) is 10.9 Å². The number of hydrogen-bond acceptors (Lipinski definition) is 8. The molecule has 9 N–H and O–H groups in total. The number of carbonyl (C=O) groups excluding carboxylic acids is 3. The van der Waals surface area contributed by atoms with Crippen molar-refractivity contribution in [1.82, 2.24) is 31.2 Å². The maximum absolute atomic E-state index is 14.4. The highest BCUT2D eigenvalue weighted by molar-refractivity contribution is 8.00. The molecule has 11 nitrogen and oxygen atoms in total. The molecular weight excluding hydrogens is 660 g/mol. The summed E-state index contributed by atoms with van der Waals surface area (Å²) >= 11 is 8.97. The number of carbonyl (C=O) groups is 3. The summed E-state index contributed by atoms with van der Waals surface area (Å²) in [7, 11) is 1.69. The largest absolute Gasteiger partial charge is 0.361 e. The fourth-order valence-electron chi connectivity index (χ4n) is 7.70. The Hall–Kier alpha value is -2.35. The number of alkyl halides is 1. The Balaban J connectivity index is 1.48. The van der Waals surface area contributed by atoms with Gasteiger partial charge in [0.1, 0.15) is 12.1 Å². The van der Waals surface area contributed by atoms with Gasteiger partial charge < -0.3 is 42.6 Å². The van der Waals surface area contributed by atoms with Crippen LogP contribution in [0.4, 0.5) is 0 Å². The maximum Gasteiger partial charge on any atom is 0.245 e. The summed E-state index contributed by atoms with van der Waals surface area (Å²) < 4.78 is 0. The number of H-pyrrole nitrogens is 1. The van der Waals surface area contributed by atoms with E-state index in [9.17, 15) is 14.4 Å². The van der Waals surface area contributed by atoms with Gasteiger partial charge in [-0.1, -0.05) is 24.6 Å². The van der Waals surface area contributed by atoms with Crippen LogP contribution in [0, 0.1) is 11.8 Å². The van der Waals surface area contributed by atoms with Gasteiger partial charge >= 0.3 is 0 Å². The van der Waals surface area contributed by atoms with Crippen molar-refractivity contribution in [3.8, 4) is 0 Å². The van der Waals surface area contributed by atoms with Gasteiger partial charge in [-0.15, -0.1) is 23.4 Å². The van der Waals surface area contributed by atoms with Gasteiger partial charge in [-0.2, -0.15) is 0 Å². The van der Waals surface area contributed by atoms with E-state index in [1.54, 1.807) is 11.9 Å². The minimum atomic E-state index is -0.792. The SMILES string of the molecule is CN1C(=O)[C@H](CCCCN)NC(=O)[C@H](CCCN)NCC2CCCNC2SC2C(Cl)CCCC2CNC(=O)[C@@H]1Cc1c[nH]c2ccccc12. The topological polar surface area (TPSA) is 170 Å². The first-order chi connectivity index (χ1) is 23.8. The molecule has 2 saturated heterocycles. The first-order valence-electron chi connectivity index (χ1n) is 18.4. The Kier molecular flexibility index (Phi) is 14.5. The van der Waals surface area contributed by atoms with Crippen LogP contribution < -0.4 is 32.7 Å². The maximum atomic E-state index is 14.4. The van der Waals surface area contributed by atoms with Crippen molar-refractivity contribution >= 4 is 52.0 Å². The van der Waals surface area contributed by atoms with E-state index < -0.39 is 18.1 Å². The first-order valence-corrected chi connectivity index (χ1v) is 19.7. The van der Waals surface area contributed by atoms with Crippen LogP contribution in [-0.2, 0) is 20.8 Å². The number of nitrogens with two attached hydrogens (primary N) is 2. The smallest absolute Gasteiger partial charge is 0.245 e. The molecule has 1 aromatic heterocycles. The number of aromatic nitrogens is 1. The number of nitrogens with zero attached hydrogens (tertiary/aromatic N) is 1. The van der Waals surface area contributed by atoms with Crippen molar-refractivity contribution < 1.29 is 14.4 Å². The van der Waals surface area contributed by atoms with Gasteiger partial charge in [-0.05, 0) is 101 Å². The molecule has 1 saturated carbocycles. The molecule has 2 aromatic rings. The van der Waals surface area contributed by atoms with Gasteiger partial charge in [-0.25, -0.2) is 0 Å². The lowest BCUT2D eigenvalue weighted by atomic mass is 9.88. The summed E-state index contributed by atoms with van der Waals surface area (Å²) in [5.41, 5.74) is 13.6. The van der Waals surface area contributed by atoms with Crippen molar-refractivity contribution in [2.24, 2.45) is 23.3 Å². The molecule has 13 heteroatoms. The molecule has 272 valence electrons. The van der Waals surface area contributed by atoms with Gasteiger partial charge in [0.05, 0.1) is 11.4 Å². The molecule has 2 aliphatic heterocycles. The number of nitrogens with one attached hydrogen (secondary N) is 5. The molecule has 0 bridgehead atoms. The van der Waals surface area contributed by atoms with Crippen molar-refractivity contribution in [3.05, 3.63) is 36.0 Å². The van der Waals surface area contributed by atoms with Crippen molar-refractivity contribution in [3.63, 3.8) is 0 Å². The van der Waals surface area contributed by atoms with Crippen molar-refractivity contribution in [2.75, 3.05) is 39.8 Å². The van der Waals surface area contributed by atoms with E-state index in [1.807, 2.05) is 42.2 Å². The molecule has 3 aliphatic rings. The zero-order chi connectivity index (χ0) is 34.8.